The summed E-state index contributed by atoms with van der Waals surface area (Å²) in [5.74, 6) is 0.948. The normalized spacial score (nSPS) is 10.5. The van der Waals surface area contributed by atoms with Crippen molar-refractivity contribution in [1.82, 2.24) is 5.32 Å². The molecule has 0 atom stereocenters. The fraction of sp³-hybridized carbons (Fsp3) is 0.600. The molecule has 1 N–H and O–H groups in total. The second kappa shape index (κ2) is 8.77. The van der Waals surface area contributed by atoms with Gasteiger partial charge in [0, 0.05) is 34.4 Å². The molecule has 0 fully saturated rings. The maximum Gasteiger partial charge on any atom is 0.142 e. The number of hydrogen-bond donors (Lipinski definition) is 1. The molecule has 0 aliphatic carbocycles. The van der Waals surface area contributed by atoms with E-state index in [1.807, 2.05) is 21.0 Å². The fourth-order valence-corrected chi connectivity index (χ4v) is 1.88. The van der Waals surface area contributed by atoms with Crippen molar-refractivity contribution >= 4 is 5.69 Å². The van der Waals surface area contributed by atoms with Gasteiger partial charge < -0.3 is 19.7 Å². The summed E-state index contributed by atoms with van der Waals surface area (Å²) in [6, 6.07) is 6.36. The van der Waals surface area contributed by atoms with Gasteiger partial charge in [-0.15, -0.1) is 0 Å². The van der Waals surface area contributed by atoms with E-state index < -0.39 is 0 Å². The van der Waals surface area contributed by atoms with E-state index in [-0.39, 0.29) is 0 Å². The Morgan fingerprint density at radius 1 is 1.26 bits per heavy atom. The number of methoxy groups -OCH3 is 1. The average molecular weight is 266 g/mol. The van der Waals surface area contributed by atoms with Gasteiger partial charge in [0.25, 0.3) is 0 Å². The molecule has 0 aliphatic heterocycles. The summed E-state index contributed by atoms with van der Waals surface area (Å²) in [6.45, 7) is 5.32. The van der Waals surface area contributed by atoms with Crippen molar-refractivity contribution < 1.29 is 9.47 Å². The van der Waals surface area contributed by atoms with Crippen LogP contribution in [0.1, 0.15) is 18.9 Å². The van der Waals surface area contributed by atoms with Crippen LogP contribution in [0.15, 0.2) is 18.2 Å². The maximum absolute atomic E-state index is 5.69. The van der Waals surface area contributed by atoms with Gasteiger partial charge in [-0.2, -0.15) is 0 Å². The second-order valence-electron chi connectivity index (χ2n) is 4.65. The number of rotatable bonds is 9. The van der Waals surface area contributed by atoms with E-state index in [9.17, 15) is 0 Å². The highest BCUT2D eigenvalue weighted by molar-refractivity contribution is 5.58. The third-order valence-corrected chi connectivity index (χ3v) is 2.84. The van der Waals surface area contributed by atoms with Crippen LogP contribution in [0.2, 0.25) is 0 Å². The van der Waals surface area contributed by atoms with Crippen molar-refractivity contribution in [2.75, 3.05) is 45.9 Å². The fourth-order valence-electron chi connectivity index (χ4n) is 1.88. The lowest BCUT2D eigenvalue weighted by Gasteiger charge is -2.18. The van der Waals surface area contributed by atoms with Crippen LogP contribution in [-0.2, 0) is 11.3 Å². The van der Waals surface area contributed by atoms with Crippen molar-refractivity contribution in [3.63, 3.8) is 0 Å². The molecule has 0 unspecified atom stereocenters. The molecule has 1 aromatic rings. The third kappa shape index (κ3) is 5.49. The molecule has 0 bridgehead atoms. The van der Waals surface area contributed by atoms with Crippen molar-refractivity contribution in [2.45, 2.75) is 19.9 Å². The van der Waals surface area contributed by atoms with E-state index in [4.69, 9.17) is 9.47 Å². The number of nitrogens with one attached hydrogen (secondary N) is 1. The molecular weight excluding hydrogens is 240 g/mol. The summed E-state index contributed by atoms with van der Waals surface area (Å²) < 4.78 is 10.7. The molecule has 0 aliphatic rings. The monoisotopic (exact) mass is 266 g/mol. The Kier molecular flexibility index (Phi) is 7.30. The Morgan fingerprint density at radius 3 is 2.68 bits per heavy atom. The number of ether oxygens (including phenoxy) is 2. The van der Waals surface area contributed by atoms with Crippen molar-refractivity contribution in [3.05, 3.63) is 23.8 Å². The van der Waals surface area contributed by atoms with E-state index in [2.05, 4.69) is 28.4 Å². The molecule has 108 valence electrons. The van der Waals surface area contributed by atoms with Gasteiger partial charge in [-0.3, -0.25) is 0 Å². The van der Waals surface area contributed by atoms with E-state index in [1.54, 1.807) is 7.11 Å². The summed E-state index contributed by atoms with van der Waals surface area (Å²) in [4.78, 5) is 2.07. The molecule has 0 heterocycles. The minimum Gasteiger partial charge on any atom is -0.492 e. The molecule has 4 heteroatoms. The van der Waals surface area contributed by atoms with E-state index >= 15 is 0 Å². The Hall–Kier alpha value is -1.26. The topological polar surface area (TPSA) is 33.7 Å². The predicted molar refractivity (Wildman–Crippen MR) is 80.1 cm³/mol. The van der Waals surface area contributed by atoms with Crippen LogP contribution in [0.3, 0.4) is 0 Å². The Morgan fingerprint density at radius 2 is 2.05 bits per heavy atom. The minimum atomic E-state index is 0.686. The second-order valence-corrected chi connectivity index (χ2v) is 4.65. The number of anilines is 1. The van der Waals surface area contributed by atoms with Crippen LogP contribution in [0.25, 0.3) is 0 Å². The van der Waals surface area contributed by atoms with Crippen LogP contribution in [0, 0.1) is 0 Å². The smallest absolute Gasteiger partial charge is 0.142 e. The maximum atomic E-state index is 5.69. The minimum absolute atomic E-state index is 0.686. The van der Waals surface area contributed by atoms with Crippen LogP contribution >= 0.6 is 0 Å². The summed E-state index contributed by atoms with van der Waals surface area (Å²) >= 11 is 0. The highest BCUT2D eigenvalue weighted by Gasteiger charge is 2.06. The van der Waals surface area contributed by atoms with Gasteiger partial charge >= 0.3 is 0 Å². The molecule has 0 amide bonds. The quantitative estimate of drug-likeness (QED) is 0.695. The lowest BCUT2D eigenvalue weighted by atomic mass is 10.1. The zero-order valence-corrected chi connectivity index (χ0v) is 12.5. The lowest BCUT2D eigenvalue weighted by Crippen LogP contribution is -2.16. The molecule has 1 rings (SSSR count). The van der Waals surface area contributed by atoms with Gasteiger partial charge in [0.15, 0.2) is 0 Å². The van der Waals surface area contributed by atoms with Gasteiger partial charge in [-0.1, -0.05) is 6.07 Å². The molecule has 19 heavy (non-hydrogen) atoms. The number of benzene rings is 1. The highest BCUT2D eigenvalue weighted by Crippen LogP contribution is 2.28. The van der Waals surface area contributed by atoms with Gasteiger partial charge in [0.1, 0.15) is 5.75 Å². The molecular formula is C15H26N2O2. The lowest BCUT2D eigenvalue weighted by molar-refractivity contribution is 0.194. The molecule has 0 saturated heterocycles. The summed E-state index contributed by atoms with van der Waals surface area (Å²) in [5, 5.41) is 3.41. The van der Waals surface area contributed by atoms with E-state index in [0.717, 1.165) is 37.6 Å². The van der Waals surface area contributed by atoms with Crippen LogP contribution in [0.4, 0.5) is 5.69 Å². The SMILES string of the molecule is CCOc1cc(CNCCCOC)ccc1N(C)C. The largest absolute Gasteiger partial charge is 0.492 e. The Labute approximate surface area is 116 Å². The molecule has 1 aromatic carbocycles. The van der Waals surface area contributed by atoms with Crippen molar-refractivity contribution in [1.29, 1.82) is 0 Å². The van der Waals surface area contributed by atoms with E-state index in [0.29, 0.717) is 6.61 Å². The first-order valence-electron chi connectivity index (χ1n) is 6.81. The van der Waals surface area contributed by atoms with Gasteiger partial charge in [-0.05, 0) is 37.6 Å². The number of hydrogen-bond acceptors (Lipinski definition) is 4. The molecule has 0 aromatic heterocycles. The van der Waals surface area contributed by atoms with Gasteiger partial charge in [0.05, 0.1) is 12.3 Å². The molecule has 4 nitrogen and oxygen atoms in total. The zero-order valence-electron chi connectivity index (χ0n) is 12.5. The number of nitrogens with zero attached hydrogens (tertiary/aromatic N) is 1. The van der Waals surface area contributed by atoms with Gasteiger partial charge in [0.2, 0.25) is 0 Å². The third-order valence-electron chi connectivity index (χ3n) is 2.84. The van der Waals surface area contributed by atoms with Crippen LogP contribution in [-0.4, -0.2) is 41.0 Å². The van der Waals surface area contributed by atoms with E-state index in [1.165, 1.54) is 5.56 Å². The van der Waals surface area contributed by atoms with Crippen LogP contribution in [0.5, 0.6) is 5.75 Å². The molecule has 0 radical (unpaired) electrons. The Bertz CT molecular complexity index is 367. The standard InChI is InChI=1S/C15H26N2O2/c1-5-19-15-11-13(7-8-14(15)17(2)3)12-16-9-6-10-18-4/h7-8,11,16H,5-6,9-10,12H2,1-4H3. The first-order valence-corrected chi connectivity index (χ1v) is 6.81. The molecule has 0 spiro atoms. The molecule has 0 saturated carbocycles. The first kappa shape index (κ1) is 15.8. The summed E-state index contributed by atoms with van der Waals surface area (Å²) in [6.07, 6.45) is 1.03. The summed E-state index contributed by atoms with van der Waals surface area (Å²) in [5.41, 5.74) is 2.36. The van der Waals surface area contributed by atoms with Crippen molar-refractivity contribution in [2.24, 2.45) is 0 Å². The van der Waals surface area contributed by atoms with Gasteiger partial charge in [-0.25, -0.2) is 0 Å². The Balaban J connectivity index is 2.57. The van der Waals surface area contributed by atoms with Crippen LogP contribution < -0.4 is 15.0 Å². The predicted octanol–water partition coefficient (Wildman–Crippen LogP) is 2.28. The zero-order chi connectivity index (χ0) is 14.1. The highest BCUT2D eigenvalue weighted by atomic mass is 16.5. The summed E-state index contributed by atoms with van der Waals surface area (Å²) in [7, 11) is 5.79. The van der Waals surface area contributed by atoms with Crippen molar-refractivity contribution in [3.8, 4) is 5.75 Å². The average Bonchev–Trinajstić information content (AvgIpc) is 2.39. The first-order chi connectivity index (χ1) is 9.19.